The van der Waals surface area contributed by atoms with Crippen LogP contribution in [0.5, 0.6) is 0 Å². The van der Waals surface area contributed by atoms with Crippen LogP contribution in [0, 0.1) is 0 Å². The highest BCUT2D eigenvalue weighted by molar-refractivity contribution is 9.10. The molecule has 0 aromatic heterocycles. The van der Waals surface area contributed by atoms with E-state index < -0.39 is 5.91 Å². The van der Waals surface area contributed by atoms with Gasteiger partial charge in [0.25, 0.3) is 11.8 Å². The van der Waals surface area contributed by atoms with Crippen molar-refractivity contribution in [2.24, 2.45) is 5.10 Å². The Hall–Kier alpha value is -2.22. The van der Waals surface area contributed by atoms with Crippen LogP contribution < -0.4 is 5.48 Å². The molecule has 0 saturated carbocycles. The van der Waals surface area contributed by atoms with Gasteiger partial charge in [0.2, 0.25) is 0 Å². The number of amides is 2. The summed E-state index contributed by atoms with van der Waals surface area (Å²) in [6.07, 6.45) is 1.41. The van der Waals surface area contributed by atoms with E-state index in [0.717, 1.165) is 0 Å². The van der Waals surface area contributed by atoms with Crippen LogP contribution in [0.25, 0.3) is 0 Å². The van der Waals surface area contributed by atoms with Crippen molar-refractivity contribution in [2.45, 2.75) is 0 Å². The smallest absolute Gasteiger partial charge is 0.274 e. The standard InChI is InChI=1S/C16H13BrClN3O3/c1-21(16(23)12-4-2-3-5-13(12)17)19-9-11-7-6-10(8-14(11)18)15(22)20-24/h2-9,24H,1H3,(H,20,22). The van der Waals surface area contributed by atoms with Gasteiger partial charge in [-0.05, 0) is 40.2 Å². The van der Waals surface area contributed by atoms with Crippen LogP contribution in [-0.4, -0.2) is 35.3 Å². The molecule has 0 bridgehead atoms. The average Bonchev–Trinajstić information content (AvgIpc) is 2.59. The van der Waals surface area contributed by atoms with Gasteiger partial charge in [-0.15, -0.1) is 0 Å². The van der Waals surface area contributed by atoms with Gasteiger partial charge in [0.1, 0.15) is 0 Å². The first-order chi connectivity index (χ1) is 11.4. The zero-order chi connectivity index (χ0) is 17.7. The Morgan fingerprint density at radius 2 is 2.00 bits per heavy atom. The maximum absolute atomic E-state index is 12.3. The second kappa shape index (κ2) is 8.05. The van der Waals surface area contributed by atoms with E-state index in [-0.39, 0.29) is 16.5 Å². The number of carbonyl (C=O) groups excluding carboxylic acids is 2. The highest BCUT2D eigenvalue weighted by atomic mass is 79.9. The molecule has 24 heavy (non-hydrogen) atoms. The minimum absolute atomic E-state index is 0.206. The Labute approximate surface area is 151 Å². The molecule has 0 unspecified atom stereocenters. The van der Waals surface area contributed by atoms with Crippen LogP contribution >= 0.6 is 27.5 Å². The van der Waals surface area contributed by atoms with Crippen LogP contribution in [-0.2, 0) is 0 Å². The fourth-order valence-electron chi connectivity index (χ4n) is 1.85. The number of benzene rings is 2. The lowest BCUT2D eigenvalue weighted by molar-refractivity contribution is 0.0706. The Balaban J connectivity index is 2.17. The second-order valence-corrected chi connectivity index (χ2v) is 5.99. The van der Waals surface area contributed by atoms with Crippen LogP contribution in [0.15, 0.2) is 52.0 Å². The maximum Gasteiger partial charge on any atom is 0.274 e. The summed E-state index contributed by atoms with van der Waals surface area (Å²) in [5, 5.41) is 14.1. The number of nitrogens with zero attached hydrogens (tertiary/aromatic N) is 2. The van der Waals surface area contributed by atoms with Gasteiger partial charge in [-0.3, -0.25) is 14.8 Å². The summed E-state index contributed by atoms with van der Waals surface area (Å²) in [6, 6.07) is 11.5. The van der Waals surface area contributed by atoms with Crippen molar-refractivity contribution in [3.63, 3.8) is 0 Å². The van der Waals surface area contributed by atoms with Gasteiger partial charge in [0.15, 0.2) is 0 Å². The van der Waals surface area contributed by atoms with Gasteiger partial charge in [-0.2, -0.15) is 5.10 Å². The Bertz CT molecular complexity index is 811. The zero-order valence-electron chi connectivity index (χ0n) is 12.5. The highest BCUT2D eigenvalue weighted by Crippen LogP contribution is 2.19. The van der Waals surface area contributed by atoms with Crippen molar-refractivity contribution >= 4 is 45.6 Å². The summed E-state index contributed by atoms with van der Waals surface area (Å²) in [7, 11) is 1.53. The molecule has 8 heteroatoms. The molecule has 2 N–H and O–H groups in total. The number of hydrazone groups is 1. The van der Waals surface area contributed by atoms with Gasteiger partial charge in [0.05, 0.1) is 16.8 Å². The van der Waals surface area contributed by atoms with E-state index >= 15 is 0 Å². The molecule has 2 amide bonds. The Morgan fingerprint density at radius 1 is 1.29 bits per heavy atom. The monoisotopic (exact) mass is 409 g/mol. The molecule has 0 aliphatic carbocycles. The second-order valence-electron chi connectivity index (χ2n) is 4.73. The molecule has 0 atom stereocenters. The number of carbonyl (C=O) groups is 2. The van der Waals surface area contributed by atoms with Crippen LogP contribution in [0.1, 0.15) is 26.3 Å². The van der Waals surface area contributed by atoms with E-state index in [2.05, 4.69) is 21.0 Å². The number of hydrogen-bond donors (Lipinski definition) is 2. The minimum atomic E-state index is -0.665. The quantitative estimate of drug-likeness (QED) is 0.461. The van der Waals surface area contributed by atoms with E-state index in [4.69, 9.17) is 16.8 Å². The summed E-state index contributed by atoms with van der Waals surface area (Å²) in [5.41, 5.74) is 2.74. The molecular weight excluding hydrogens is 398 g/mol. The van der Waals surface area contributed by atoms with E-state index in [1.54, 1.807) is 24.3 Å². The zero-order valence-corrected chi connectivity index (χ0v) is 14.9. The van der Waals surface area contributed by atoms with Gasteiger partial charge in [0, 0.05) is 22.6 Å². The van der Waals surface area contributed by atoms with Gasteiger partial charge in [-0.1, -0.05) is 29.8 Å². The molecule has 0 aliphatic rings. The first-order valence-electron chi connectivity index (χ1n) is 6.74. The first kappa shape index (κ1) is 18.1. The SMILES string of the molecule is CN(N=Cc1ccc(C(=O)NO)cc1Cl)C(=O)c1ccccc1Br. The van der Waals surface area contributed by atoms with E-state index in [9.17, 15) is 9.59 Å². The van der Waals surface area contributed by atoms with Crippen molar-refractivity contribution in [2.75, 3.05) is 7.05 Å². The molecule has 0 radical (unpaired) electrons. The van der Waals surface area contributed by atoms with Crippen LogP contribution in [0.3, 0.4) is 0 Å². The fourth-order valence-corrected chi connectivity index (χ4v) is 2.53. The van der Waals surface area contributed by atoms with Crippen molar-refractivity contribution in [3.8, 4) is 0 Å². The summed E-state index contributed by atoms with van der Waals surface area (Å²) >= 11 is 9.39. The molecule has 2 aromatic carbocycles. The maximum atomic E-state index is 12.3. The van der Waals surface area contributed by atoms with Crippen LogP contribution in [0.2, 0.25) is 5.02 Å². The molecule has 0 aliphatic heterocycles. The minimum Gasteiger partial charge on any atom is -0.288 e. The number of hydroxylamine groups is 1. The summed E-state index contributed by atoms with van der Waals surface area (Å²) in [4.78, 5) is 23.6. The number of nitrogens with one attached hydrogen (secondary N) is 1. The molecule has 124 valence electrons. The van der Waals surface area contributed by atoms with Crippen molar-refractivity contribution < 1.29 is 14.8 Å². The lowest BCUT2D eigenvalue weighted by Gasteiger charge is -2.12. The molecule has 0 spiro atoms. The predicted molar refractivity (Wildman–Crippen MR) is 94.5 cm³/mol. The molecule has 6 nitrogen and oxygen atoms in total. The highest BCUT2D eigenvalue weighted by Gasteiger charge is 2.13. The summed E-state index contributed by atoms with van der Waals surface area (Å²) in [6.45, 7) is 0. The van der Waals surface area contributed by atoms with Crippen molar-refractivity contribution in [1.82, 2.24) is 10.5 Å². The molecule has 0 heterocycles. The Kier molecular flexibility index (Phi) is 6.08. The van der Waals surface area contributed by atoms with Crippen LogP contribution in [0.4, 0.5) is 0 Å². The number of halogens is 2. The molecular formula is C16H13BrClN3O3. The van der Waals surface area contributed by atoms with Gasteiger partial charge >= 0.3 is 0 Å². The van der Waals surface area contributed by atoms with E-state index in [1.165, 1.54) is 35.9 Å². The lowest BCUT2D eigenvalue weighted by atomic mass is 10.1. The largest absolute Gasteiger partial charge is 0.288 e. The first-order valence-corrected chi connectivity index (χ1v) is 7.91. The molecule has 0 saturated heterocycles. The summed E-state index contributed by atoms with van der Waals surface area (Å²) < 4.78 is 0.675. The number of hydrogen-bond acceptors (Lipinski definition) is 4. The van der Waals surface area contributed by atoms with E-state index in [0.29, 0.717) is 15.6 Å². The third-order valence-corrected chi connectivity index (χ3v) is 4.15. The predicted octanol–water partition coefficient (Wildman–Crippen LogP) is 3.33. The number of rotatable bonds is 4. The topological polar surface area (TPSA) is 82.0 Å². The molecule has 2 aromatic rings. The lowest BCUT2D eigenvalue weighted by Crippen LogP contribution is -2.21. The third kappa shape index (κ3) is 4.19. The van der Waals surface area contributed by atoms with Crippen molar-refractivity contribution in [3.05, 3.63) is 68.7 Å². The summed E-state index contributed by atoms with van der Waals surface area (Å²) in [5.74, 6) is -0.951. The molecule has 2 rings (SSSR count). The fraction of sp³-hybridized carbons (Fsp3) is 0.0625. The Morgan fingerprint density at radius 3 is 2.62 bits per heavy atom. The average molecular weight is 411 g/mol. The normalized spacial score (nSPS) is 10.7. The third-order valence-electron chi connectivity index (χ3n) is 3.13. The van der Waals surface area contributed by atoms with E-state index in [1.807, 2.05) is 6.07 Å². The van der Waals surface area contributed by atoms with Gasteiger partial charge in [-0.25, -0.2) is 10.5 Å². The van der Waals surface area contributed by atoms with Crippen molar-refractivity contribution in [1.29, 1.82) is 0 Å². The molecule has 0 fully saturated rings. The van der Waals surface area contributed by atoms with Gasteiger partial charge < -0.3 is 0 Å².